The molecule has 1 aliphatic carbocycles. The van der Waals surface area contributed by atoms with Gasteiger partial charge in [-0.3, -0.25) is 4.99 Å². The summed E-state index contributed by atoms with van der Waals surface area (Å²) in [5, 5.41) is 0. The molecule has 0 saturated heterocycles. The Morgan fingerprint density at radius 1 is 1.00 bits per heavy atom. The van der Waals surface area contributed by atoms with Gasteiger partial charge in [0.1, 0.15) is 5.75 Å². The van der Waals surface area contributed by atoms with E-state index in [1.54, 1.807) is 7.11 Å². The maximum absolute atomic E-state index is 5.85. The third-order valence-corrected chi connectivity index (χ3v) is 5.47. The van der Waals surface area contributed by atoms with E-state index in [0.717, 1.165) is 11.3 Å². The summed E-state index contributed by atoms with van der Waals surface area (Å²) in [6.07, 6.45) is 7.25. The number of methoxy groups -OCH3 is 1. The first kappa shape index (κ1) is 20.0. The Labute approximate surface area is 155 Å². The Hall–Kier alpha value is -1.31. The third-order valence-electron chi connectivity index (χ3n) is 5.47. The van der Waals surface area contributed by atoms with Gasteiger partial charge < -0.3 is 4.74 Å². The second-order valence-electron chi connectivity index (χ2n) is 9.75. The van der Waals surface area contributed by atoms with E-state index in [0.29, 0.717) is 12.0 Å². The Morgan fingerprint density at radius 2 is 1.64 bits per heavy atom. The number of rotatable bonds is 3. The molecule has 2 unspecified atom stereocenters. The van der Waals surface area contributed by atoms with Crippen LogP contribution in [-0.2, 0) is 10.8 Å². The molecule has 0 amide bonds. The molecular formula is C23H37NO. The average molecular weight is 344 g/mol. The lowest BCUT2D eigenvalue weighted by molar-refractivity contribution is 0.333. The zero-order chi connectivity index (χ0) is 18.8. The summed E-state index contributed by atoms with van der Waals surface area (Å²) in [5.41, 5.74) is 3.87. The predicted molar refractivity (Wildman–Crippen MR) is 109 cm³/mol. The highest BCUT2D eigenvalue weighted by atomic mass is 16.5. The molecule has 1 aliphatic rings. The van der Waals surface area contributed by atoms with E-state index in [1.165, 1.54) is 36.8 Å². The van der Waals surface area contributed by atoms with Crippen LogP contribution in [0.15, 0.2) is 17.1 Å². The lowest BCUT2D eigenvalue weighted by Gasteiger charge is -2.28. The SMILES string of the molecule is COc1c(/C=N/C2CCCCC2C)cc(C(C)(C)C)cc1C(C)(C)C. The van der Waals surface area contributed by atoms with Crippen molar-refractivity contribution in [2.24, 2.45) is 10.9 Å². The summed E-state index contributed by atoms with van der Waals surface area (Å²) in [7, 11) is 1.78. The fourth-order valence-electron chi connectivity index (χ4n) is 3.66. The van der Waals surface area contributed by atoms with E-state index < -0.39 is 0 Å². The number of ether oxygens (including phenoxy) is 1. The van der Waals surface area contributed by atoms with Crippen LogP contribution in [0.25, 0.3) is 0 Å². The van der Waals surface area contributed by atoms with Gasteiger partial charge in [-0.2, -0.15) is 0 Å². The number of nitrogens with zero attached hydrogens (tertiary/aromatic N) is 1. The Morgan fingerprint density at radius 3 is 2.16 bits per heavy atom. The minimum Gasteiger partial charge on any atom is -0.496 e. The van der Waals surface area contributed by atoms with Gasteiger partial charge in [0.2, 0.25) is 0 Å². The van der Waals surface area contributed by atoms with Gasteiger partial charge in [0.05, 0.1) is 13.2 Å². The highest BCUT2D eigenvalue weighted by molar-refractivity contribution is 5.85. The van der Waals surface area contributed by atoms with E-state index in [-0.39, 0.29) is 10.8 Å². The normalized spacial score (nSPS) is 22.4. The van der Waals surface area contributed by atoms with Crippen LogP contribution in [0.2, 0.25) is 0 Å². The first-order chi connectivity index (χ1) is 11.5. The van der Waals surface area contributed by atoms with Gasteiger partial charge in [0.25, 0.3) is 0 Å². The number of benzene rings is 1. The molecular weight excluding hydrogens is 306 g/mol. The van der Waals surface area contributed by atoms with E-state index in [4.69, 9.17) is 9.73 Å². The van der Waals surface area contributed by atoms with E-state index in [9.17, 15) is 0 Å². The Balaban J connectivity index is 2.51. The van der Waals surface area contributed by atoms with Gasteiger partial charge in [0, 0.05) is 17.3 Å². The van der Waals surface area contributed by atoms with Crippen molar-refractivity contribution in [3.63, 3.8) is 0 Å². The largest absolute Gasteiger partial charge is 0.496 e. The Kier molecular flexibility index (Phi) is 6.01. The Bertz CT molecular complexity index is 616. The smallest absolute Gasteiger partial charge is 0.131 e. The second-order valence-corrected chi connectivity index (χ2v) is 9.75. The average Bonchev–Trinajstić information content (AvgIpc) is 2.51. The molecule has 0 heterocycles. The van der Waals surface area contributed by atoms with Crippen LogP contribution in [-0.4, -0.2) is 19.4 Å². The number of hydrogen-bond donors (Lipinski definition) is 0. The molecule has 1 aromatic carbocycles. The van der Waals surface area contributed by atoms with Gasteiger partial charge >= 0.3 is 0 Å². The van der Waals surface area contributed by atoms with Crippen LogP contribution in [0.3, 0.4) is 0 Å². The van der Waals surface area contributed by atoms with Gasteiger partial charge in [0.15, 0.2) is 0 Å². The molecule has 0 aliphatic heterocycles. The molecule has 0 radical (unpaired) electrons. The lowest BCUT2D eigenvalue weighted by Crippen LogP contribution is -2.21. The van der Waals surface area contributed by atoms with Gasteiger partial charge in [-0.05, 0) is 41.2 Å². The highest BCUT2D eigenvalue weighted by Gasteiger charge is 2.26. The van der Waals surface area contributed by atoms with Crippen molar-refractivity contribution < 1.29 is 4.74 Å². The molecule has 2 heteroatoms. The first-order valence-corrected chi connectivity index (χ1v) is 9.80. The van der Waals surface area contributed by atoms with Crippen LogP contribution in [0, 0.1) is 5.92 Å². The second kappa shape index (κ2) is 7.51. The minimum absolute atomic E-state index is 0.0350. The van der Waals surface area contributed by atoms with Crippen LogP contribution < -0.4 is 4.74 Å². The highest BCUT2D eigenvalue weighted by Crippen LogP contribution is 2.38. The fourth-order valence-corrected chi connectivity index (χ4v) is 3.66. The summed E-state index contributed by atoms with van der Waals surface area (Å²) in [4.78, 5) is 4.98. The molecule has 25 heavy (non-hydrogen) atoms. The van der Waals surface area contributed by atoms with Crippen LogP contribution >= 0.6 is 0 Å². The van der Waals surface area contributed by atoms with Crippen molar-refractivity contribution >= 4 is 6.21 Å². The monoisotopic (exact) mass is 343 g/mol. The third kappa shape index (κ3) is 4.86. The molecule has 2 rings (SSSR count). The molecule has 1 aromatic rings. The molecule has 2 atom stereocenters. The fraction of sp³-hybridized carbons (Fsp3) is 0.696. The first-order valence-electron chi connectivity index (χ1n) is 9.80. The molecule has 1 saturated carbocycles. The van der Waals surface area contributed by atoms with Crippen molar-refractivity contribution in [2.45, 2.75) is 91.0 Å². The minimum atomic E-state index is 0.0350. The predicted octanol–water partition coefficient (Wildman–Crippen LogP) is 6.29. The van der Waals surface area contributed by atoms with Gasteiger partial charge in [-0.15, -0.1) is 0 Å². The van der Waals surface area contributed by atoms with Gasteiger partial charge in [-0.1, -0.05) is 67.4 Å². The summed E-state index contributed by atoms with van der Waals surface area (Å²) in [5.74, 6) is 1.66. The van der Waals surface area contributed by atoms with E-state index in [1.807, 2.05) is 0 Å². The summed E-state index contributed by atoms with van der Waals surface area (Å²) in [6.45, 7) is 15.9. The van der Waals surface area contributed by atoms with Crippen LogP contribution in [0.5, 0.6) is 5.75 Å². The molecule has 0 spiro atoms. The quantitative estimate of drug-likeness (QED) is 0.591. The molecule has 1 fully saturated rings. The molecule has 0 bridgehead atoms. The number of hydrogen-bond acceptors (Lipinski definition) is 2. The van der Waals surface area contributed by atoms with E-state index in [2.05, 4.69) is 66.8 Å². The van der Waals surface area contributed by atoms with Crippen molar-refractivity contribution in [3.8, 4) is 5.75 Å². The number of aliphatic imine (C=N–C) groups is 1. The summed E-state index contributed by atoms with van der Waals surface area (Å²) < 4.78 is 5.85. The molecule has 0 N–H and O–H groups in total. The van der Waals surface area contributed by atoms with Crippen molar-refractivity contribution in [2.75, 3.05) is 7.11 Å². The summed E-state index contributed by atoms with van der Waals surface area (Å²) >= 11 is 0. The van der Waals surface area contributed by atoms with Crippen molar-refractivity contribution in [1.82, 2.24) is 0 Å². The van der Waals surface area contributed by atoms with Crippen LogP contribution in [0.4, 0.5) is 0 Å². The molecule has 140 valence electrons. The maximum atomic E-state index is 5.85. The zero-order valence-electron chi connectivity index (χ0n) is 17.6. The van der Waals surface area contributed by atoms with E-state index >= 15 is 0 Å². The standard InChI is InChI=1S/C23H37NO/c1-16-11-9-10-12-20(16)24-15-17-13-18(22(2,3)4)14-19(21(17)25-8)23(5,6)7/h13-16,20H,9-12H2,1-8H3/b24-15+. The zero-order valence-corrected chi connectivity index (χ0v) is 17.6. The summed E-state index contributed by atoms with van der Waals surface area (Å²) in [6, 6.07) is 5.04. The van der Waals surface area contributed by atoms with Crippen molar-refractivity contribution in [1.29, 1.82) is 0 Å². The van der Waals surface area contributed by atoms with Gasteiger partial charge in [-0.25, -0.2) is 0 Å². The maximum Gasteiger partial charge on any atom is 0.131 e. The van der Waals surface area contributed by atoms with Crippen LogP contribution in [0.1, 0.15) is 90.8 Å². The van der Waals surface area contributed by atoms with Crippen molar-refractivity contribution in [3.05, 3.63) is 28.8 Å². The lowest BCUT2D eigenvalue weighted by atomic mass is 9.79. The molecule has 0 aromatic heterocycles. The molecule has 2 nitrogen and oxygen atoms in total. The topological polar surface area (TPSA) is 21.6 Å².